The first kappa shape index (κ1) is 14.5. The molecule has 0 bridgehead atoms. The van der Waals surface area contributed by atoms with Gasteiger partial charge in [0.25, 0.3) is 5.69 Å². The molecule has 0 saturated heterocycles. The van der Waals surface area contributed by atoms with Gasteiger partial charge in [0.1, 0.15) is 0 Å². The Hall–Kier alpha value is -0.610. The van der Waals surface area contributed by atoms with Crippen LogP contribution in [0.3, 0.4) is 0 Å². The summed E-state index contributed by atoms with van der Waals surface area (Å²) in [6.07, 6.45) is 0.487. The lowest BCUT2D eigenvalue weighted by atomic mass is 9.87. The Morgan fingerprint density at radius 2 is 2.06 bits per heavy atom. The van der Waals surface area contributed by atoms with Crippen LogP contribution in [-0.2, 0) is 6.42 Å². The van der Waals surface area contributed by atoms with E-state index >= 15 is 0 Å². The summed E-state index contributed by atoms with van der Waals surface area (Å²) in [6, 6.07) is 4.94. The molecule has 0 saturated carbocycles. The Labute approximate surface area is 114 Å². The van der Waals surface area contributed by atoms with E-state index in [4.69, 9.17) is 11.6 Å². The van der Waals surface area contributed by atoms with Gasteiger partial charge >= 0.3 is 0 Å². The molecule has 1 unspecified atom stereocenters. The van der Waals surface area contributed by atoms with E-state index in [0.29, 0.717) is 12.0 Å². The summed E-state index contributed by atoms with van der Waals surface area (Å²) < 4.78 is 0.830. The second-order valence-corrected chi connectivity index (χ2v) is 6.51. The van der Waals surface area contributed by atoms with Gasteiger partial charge in [0, 0.05) is 21.5 Å². The number of nitro benzene ring substituents is 1. The van der Waals surface area contributed by atoms with Gasteiger partial charge in [-0.3, -0.25) is 10.1 Å². The molecule has 1 atom stereocenters. The molecule has 0 amide bonds. The number of nitro groups is 1. The van der Waals surface area contributed by atoms with Gasteiger partial charge in [-0.2, -0.15) is 0 Å². The van der Waals surface area contributed by atoms with Crippen LogP contribution in [0.25, 0.3) is 0 Å². The molecule has 1 aromatic carbocycles. The largest absolute Gasteiger partial charge is 0.272 e. The number of alkyl halides is 1. The fourth-order valence-electron chi connectivity index (χ4n) is 1.39. The van der Waals surface area contributed by atoms with Crippen molar-refractivity contribution >= 4 is 33.2 Å². The summed E-state index contributed by atoms with van der Waals surface area (Å²) in [7, 11) is 0. The zero-order chi connectivity index (χ0) is 13.2. The van der Waals surface area contributed by atoms with Crippen LogP contribution in [0.5, 0.6) is 0 Å². The second kappa shape index (κ2) is 5.36. The Balaban J connectivity index is 3.04. The molecular formula is C12H15BrClNO2. The van der Waals surface area contributed by atoms with E-state index in [2.05, 4.69) is 15.9 Å². The maximum Gasteiger partial charge on any atom is 0.272 e. The molecule has 0 heterocycles. The van der Waals surface area contributed by atoms with E-state index in [1.165, 1.54) is 6.07 Å². The molecule has 0 fully saturated rings. The minimum atomic E-state index is -0.367. The quantitative estimate of drug-likeness (QED) is 0.466. The minimum absolute atomic E-state index is 0.0856. The van der Waals surface area contributed by atoms with E-state index in [1.807, 2.05) is 20.8 Å². The molecular weight excluding hydrogens is 305 g/mol. The van der Waals surface area contributed by atoms with Crippen molar-refractivity contribution in [3.63, 3.8) is 0 Å². The lowest BCUT2D eigenvalue weighted by Crippen LogP contribution is -2.23. The highest BCUT2D eigenvalue weighted by Gasteiger charge is 2.25. The highest BCUT2D eigenvalue weighted by molar-refractivity contribution is 9.10. The number of benzene rings is 1. The maximum atomic E-state index is 10.9. The fourth-order valence-corrected chi connectivity index (χ4v) is 1.97. The average Bonchev–Trinajstić information content (AvgIpc) is 2.15. The van der Waals surface area contributed by atoms with Crippen molar-refractivity contribution in [2.45, 2.75) is 32.6 Å². The smallest absolute Gasteiger partial charge is 0.258 e. The highest BCUT2D eigenvalue weighted by atomic mass is 79.9. The number of rotatable bonds is 3. The molecule has 0 aliphatic rings. The zero-order valence-electron chi connectivity index (χ0n) is 10.0. The molecule has 17 heavy (non-hydrogen) atoms. The Morgan fingerprint density at radius 1 is 1.47 bits per heavy atom. The van der Waals surface area contributed by atoms with E-state index in [1.54, 1.807) is 12.1 Å². The number of hydrogen-bond acceptors (Lipinski definition) is 2. The number of nitrogens with zero attached hydrogens (tertiary/aromatic N) is 1. The van der Waals surface area contributed by atoms with Gasteiger partial charge < -0.3 is 0 Å². The third-order valence-electron chi connectivity index (χ3n) is 2.58. The standard InChI is InChI=1S/C12H15BrClNO2/c1-12(2,3)11(14)7-8-6-9(13)4-5-10(8)15(16)17/h4-6,11H,7H2,1-3H3. The Morgan fingerprint density at radius 3 is 2.53 bits per heavy atom. The van der Waals surface area contributed by atoms with Crippen LogP contribution in [0.15, 0.2) is 22.7 Å². The molecule has 0 N–H and O–H groups in total. The molecule has 0 spiro atoms. The van der Waals surface area contributed by atoms with Crippen molar-refractivity contribution in [3.8, 4) is 0 Å². The summed E-state index contributed by atoms with van der Waals surface area (Å²) in [5.74, 6) is 0. The van der Waals surface area contributed by atoms with Crippen molar-refractivity contribution < 1.29 is 4.92 Å². The van der Waals surface area contributed by atoms with Gasteiger partial charge in [-0.15, -0.1) is 11.6 Å². The molecule has 0 aliphatic heterocycles. The van der Waals surface area contributed by atoms with Gasteiger partial charge in [0.05, 0.1) is 4.92 Å². The first-order chi connectivity index (χ1) is 7.71. The molecule has 0 radical (unpaired) electrons. The lowest BCUT2D eigenvalue weighted by Gasteiger charge is -2.25. The Bertz CT molecular complexity index is 429. The summed E-state index contributed by atoms with van der Waals surface area (Å²) in [5.41, 5.74) is 0.708. The average molecular weight is 321 g/mol. The summed E-state index contributed by atoms with van der Waals surface area (Å²) in [5, 5.41) is 10.8. The van der Waals surface area contributed by atoms with E-state index in [-0.39, 0.29) is 21.4 Å². The number of halogens is 2. The molecule has 0 aliphatic carbocycles. The van der Waals surface area contributed by atoms with Crippen LogP contribution in [0.2, 0.25) is 0 Å². The predicted octanol–water partition coefficient (Wildman–Crippen LogP) is 4.55. The third kappa shape index (κ3) is 3.96. The van der Waals surface area contributed by atoms with Gasteiger partial charge in [-0.05, 0) is 24.0 Å². The van der Waals surface area contributed by atoms with Gasteiger partial charge in [-0.1, -0.05) is 36.7 Å². The van der Waals surface area contributed by atoms with Crippen LogP contribution in [0.4, 0.5) is 5.69 Å². The summed E-state index contributed by atoms with van der Waals surface area (Å²) >= 11 is 9.60. The molecule has 3 nitrogen and oxygen atoms in total. The van der Waals surface area contributed by atoms with Crippen LogP contribution in [0.1, 0.15) is 26.3 Å². The normalized spacial score (nSPS) is 13.5. The van der Waals surface area contributed by atoms with E-state index < -0.39 is 0 Å². The SMILES string of the molecule is CC(C)(C)C(Cl)Cc1cc(Br)ccc1[N+](=O)[O-]. The maximum absolute atomic E-state index is 10.9. The summed E-state index contributed by atoms with van der Waals surface area (Å²) in [4.78, 5) is 10.5. The monoisotopic (exact) mass is 319 g/mol. The van der Waals surface area contributed by atoms with Gasteiger partial charge in [-0.25, -0.2) is 0 Å². The molecule has 1 aromatic rings. The molecule has 1 rings (SSSR count). The van der Waals surface area contributed by atoms with Crippen LogP contribution in [-0.4, -0.2) is 10.3 Å². The molecule has 0 aromatic heterocycles. The minimum Gasteiger partial charge on any atom is -0.258 e. The predicted molar refractivity (Wildman–Crippen MR) is 73.6 cm³/mol. The first-order valence-electron chi connectivity index (χ1n) is 5.28. The molecule has 5 heteroatoms. The van der Waals surface area contributed by atoms with Crippen LogP contribution in [0, 0.1) is 15.5 Å². The number of hydrogen-bond donors (Lipinski definition) is 0. The van der Waals surface area contributed by atoms with Crippen molar-refractivity contribution in [1.82, 2.24) is 0 Å². The van der Waals surface area contributed by atoms with Crippen molar-refractivity contribution in [3.05, 3.63) is 38.3 Å². The Kier molecular flexibility index (Phi) is 4.55. The van der Waals surface area contributed by atoms with Gasteiger partial charge in [0.2, 0.25) is 0 Å². The summed E-state index contributed by atoms with van der Waals surface area (Å²) in [6.45, 7) is 6.07. The van der Waals surface area contributed by atoms with Crippen LogP contribution >= 0.6 is 27.5 Å². The zero-order valence-corrected chi connectivity index (χ0v) is 12.4. The van der Waals surface area contributed by atoms with Gasteiger partial charge in [0.15, 0.2) is 0 Å². The van der Waals surface area contributed by atoms with Crippen LogP contribution < -0.4 is 0 Å². The van der Waals surface area contributed by atoms with E-state index in [9.17, 15) is 10.1 Å². The molecule has 94 valence electrons. The third-order valence-corrected chi connectivity index (χ3v) is 3.88. The second-order valence-electron chi connectivity index (χ2n) is 5.07. The topological polar surface area (TPSA) is 43.1 Å². The van der Waals surface area contributed by atoms with Crippen molar-refractivity contribution in [2.24, 2.45) is 5.41 Å². The lowest BCUT2D eigenvalue weighted by molar-refractivity contribution is -0.385. The first-order valence-corrected chi connectivity index (χ1v) is 6.51. The van der Waals surface area contributed by atoms with E-state index in [0.717, 1.165) is 4.47 Å². The van der Waals surface area contributed by atoms with Crippen molar-refractivity contribution in [1.29, 1.82) is 0 Å². The fraction of sp³-hybridized carbons (Fsp3) is 0.500. The van der Waals surface area contributed by atoms with Crippen molar-refractivity contribution in [2.75, 3.05) is 0 Å². The highest BCUT2D eigenvalue weighted by Crippen LogP contribution is 2.31.